The molecule has 0 saturated carbocycles. The number of ether oxygens (including phenoxy) is 2. The van der Waals surface area contributed by atoms with Gasteiger partial charge in [-0.15, -0.1) is 0 Å². The van der Waals surface area contributed by atoms with Crippen LogP contribution in [-0.4, -0.2) is 70.1 Å². The summed E-state index contributed by atoms with van der Waals surface area (Å²) in [7, 11) is 0. The van der Waals surface area contributed by atoms with E-state index in [0.717, 1.165) is 45.9 Å². The molecular weight excluding hydrogens is 254 g/mol. The molecule has 1 aliphatic heterocycles. The topological polar surface area (TPSA) is 59.8 Å². The van der Waals surface area contributed by atoms with E-state index in [4.69, 9.17) is 15.2 Å². The Morgan fingerprint density at radius 3 is 2.90 bits per heavy atom. The van der Waals surface area contributed by atoms with Crippen LogP contribution in [0.2, 0.25) is 0 Å². The molecule has 5 nitrogen and oxygen atoms in total. The third-order valence-corrected chi connectivity index (χ3v) is 3.97. The zero-order chi connectivity index (χ0) is 14.8. The second-order valence-electron chi connectivity index (χ2n) is 6.34. The van der Waals surface area contributed by atoms with Gasteiger partial charge in [-0.05, 0) is 11.8 Å². The monoisotopic (exact) mass is 287 g/mol. The Labute approximate surface area is 124 Å². The van der Waals surface area contributed by atoms with E-state index >= 15 is 0 Å². The molecule has 1 heterocycles. The third kappa shape index (κ3) is 7.55. The van der Waals surface area contributed by atoms with Crippen molar-refractivity contribution in [3.8, 4) is 0 Å². The van der Waals surface area contributed by atoms with Gasteiger partial charge in [0.2, 0.25) is 0 Å². The molecule has 1 rings (SSSR count). The molecule has 1 unspecified atom stereocenters. The van der Waals surface area contributed by atoms with Gasteiger partial charge in [0.15, 0.2) is 0 Å². The summed E-state index contributed by atoms with van der Waals surface area (Å²) in [6.45, 7) is 14.6. The van der Waals surface area contributed by atoms with Gasteiger partial charge in [0, 0.05) is 39.3 Å². The lowest BCUT2D eigenvalue weighted by atomic mass is 9.90. The minimum absolute atomic E-state index is 0.297. The minimum atomic E-state index is 0.297. The van der Waals surface area contributed by atoms with Gasteiger partial charge >= 0.3 is 0 Å². The zero-order valence-electron chi connectivity index (χ0n) is 13.5. The van der Waals surface area contributed by atoms with Crippen molar-refractivity contribution in [3.05, 3.63) is 0 Å². The average Bonchev–Trinajstić information content (AvgIpc) is 2.44. The Hall–Kier alpha value is -0.200. The normalized spacial score (nSPS) is 21.3. The molecule has 1 saturated heterocycles. The molecule has 0 aliphatic carbocycles. The predicted molar refractivity (Wildman–Crippen MR) is 83.0 cm³/mol. The molecule has 120 valence electrons. The summed E-state index contributed by atoms with van der Waals surface area (Å²) in [5, 5.41) is 3.54. The lowest BCUT2D eigenvalue weighted by Gasteiger charge is -2.33. The van der Waals surface area contributed by atoms with Crippen molar-refractivity contribution in [2.75, 3.05) is 59.1 Å². The smallest absolute Gasteiger partial charge is 0.0826 e. The highest BCUT2D eigenvalue weighted by Crippen LogP contribution is 2.17. The maximum atomic E-state index is 5.82. The Kier molecular flexibility index (Phi) is 8.64. The number of nitrogens with one attached hydrogen (secondary N) is 1. The third-order valence-electron chi connectivity index (χ3n) is 3.97. The van der Waals surface area contributed by atoms with Gasteiger partial charge in [0.05, 0.1) is 25.9 Å². The molecule has 0 radical (unpaired) electrons. The minimum Gasteiger partial charge on any atom is -0.379 e. The number of morpholine rings is 1. The van der Waals surface area contributed by atoms with Crippen molar-refractivity contribution < 1.29 is 9.47 Å². The molecule has 20 heavy (non-hydrogen) atoms. The number of hydrogen-bond acceptors (Lipinski definition) is 5. The largest absolute Gasteiger partial charge is 0.379 e. The van der Waals surface area contributed by atoms with Crippen LogP contribution in [0.15, 0.2) is 0 Å². The van der Waals surface area contributed by atoms with Gasteiger partial charge in [-0.25, -0.2) is 0 Å². The van der Waals surface area contributed by atoms with E-state index in [9.17, 15) is 0 Å². The summed E-state index contributed by atoms with van der Waals surface area (Å²) in [5.74, 6) is 0. The Bertz CT molecular complexity index is 249. The van der Waals surface area contributed by atoms with Crippen molar-refractivity contribution in [2.24, 2.45) is 11.1 Å². The van der Waals surface area contributed by atoms with Crippen molar-refractivity contribution in [1.29, 1.82) is 0 Å². The second kappa shape index (κ2) is 9.68. The van der Waals surface area contributed by atoms with Crippen LogP contribution in [0.5, 0.6) is 0 Å². The highest BCUT2D eigenvalue weighted by Gasteiger charge is 2.21. The maximum Gasteiger partial charge on any atom is 0.0826 e. The second-order valence-corrected chi connectivity index (χ2v) is 6.34. The van der Waals surface area contributed by atoms with E-state index in [1.54, 1.807) is 0 Å². The van der Waals surface area contributed by atoms with Crippen LogP contribution in [0.1, 0.15) is 27.2 Å². The van der Waals surface area contributed by atoms with E-state index in [1.165, 1.54) is 6.42 Å². The van der Waals surface area contributed by atoms with Crippen LogP contribution in [0, 0.1) is 5.41 Å². The Balaban J connectivity index is 2.14. The first-order valence-electron chi connectivity index (χ1n) is 7.90. The standard InChI is InChI=1S/C15H33N3O2/c1-4-15(2,3)13-17-11-14-12-18(7-10-20-14)6-9-19-8-5-16/h14,17H,4-13,16H2,1-3H3. The van der Waals surface area contributed by atoms with E-state index < -0.39 is 0 Å². The van der Waals surface area contributed by atoms with Gasteiger partial charge in [-0.3, -0.25) is 4.90 Å². The van der Waals surface area contributed by atoms with Crippen molar-refractivity contribution in [3.63, 3.8) is 0 Å². The summed E-state index contributed by atoms with van der Waals surface area (Å²) >= 11 is 0. The zero-order valence-corrected chi connectivity index (χ0v) is 13.5. The van der Waals surface area contributed by atoms with Crippen LogP contribution in [0.25, 0.3) is 0 Å². The molecule has 0 bridgehead atoms. The van der Waals surface area contributed by atoms with E-state index in [0.29, 0.717) is 24.7 Å². The summed E-state index contributed by atoms with van der Waals surface area (Å²) in [6.07, 6.45) is 1.49. The fraction of sp³-hybridized carbons (Fsp3) is 1.00. The molecule has 1 atom stereocenters. The fourth-order valence-electron chi connectivity index (χ4n) is 2.18. The van der Waals surface area contributed by atoms with Crippen LogP contribution in [-0.2, 0) is 9.47 Å². The van der Waals surface area contributed by atoms with E-state index in [1.807, 2.05) is 0 Å². The average molecular weight is 287 g/mol. The molecule has 3 N–H and O–H groups in total. The van der Waals surface area contributed by atoms with Gasteiger partial charge in [-0.2, -0.15) is 0 Å². The van der Waals surface area contributed by atoms with Gasteiger partial charge in [-0.1, -0.05) is 20.8 Å². The summed E-state index contributed by atoms with van der Waals surface area (Å²) in [4.78, 5) is 2.41. The van der Waals surface area contributed by atoms with Gasteiger partial charge in [0.1, 0.15) is 0 Å². The fourth-order valence-corrected chi connectivity index (χ4v) is 2.18. The van der Waals surface area contributed by atoms with E-state index in [-0.39, 0.29) is 0 Å². The van der Waals surface area contributed by atoms with Crippen LogP contribution < -0.4 is 11.1 Å². The first-order chi connectivity index (χ1) is 9.57. The van der Waals surface area contributed by atoms with Crippen molar-refractivity contribution in [2.45, 2.75) is 33.3 Å². The molecule has 0 spiro atoms. The van der Waals surface area contributed by atoms with Crippen LogP contribution >= 0.6 is 0 Å². The number of rotatable bonds is 10. The van der Waals surface area contributed by atoms with Crippen molar-refractivity contribution >= 4 is 0 Å². The lowest BCUT2D eigenvalue weighted by molar-refractivity contribution is -0.0352. The van der Waals surface area contributed by atoms with Crippen molar-refractivity contribution in [1.82, 2.24) is 10.2 Å². The molecule has 5 heteroatoms. The quantitative estimate of drug-likeness (QED) is 0.579. The van der Waals surface area contributed by atoms with Crippen LogP contribution in [0.4, 0.5) is 0 Å². The predicted octanol–water partition coefficient (Wildman–Crippen LogP) is 0.688. The highest BCUT2D eigenvalue weighted by atomic mass is 16.5. The molecule has 0 aromatic rings. The Morgan fingerprint density at radius 2 is 2.20 bits per heavy atom. The molecule has 0 aromatic carbocycles. The van der Waals surface area contributed by atoms with Gasteiger partial charge in [0.25, 0.3) is 0 Å². The Morgan fingerprint density at radius 1 is 1.40 bits per heavy atom. The maximum absolute atomic E-state index is 5.82. The first kappa shape index (κ1) is 17.9. The number of nitrogens with zero attached hydrogens (tertiary/aromatic N) is 1. The summed E-state index contributed by atoms with van der Waals surface area (Å²) in [5.41, 5.74) is 5.77. The summed E-state index contributed by atoms with van der Waals surface area (Å²) in [6, 6.07) is 0. The van der Waals surface area contributed by atoms with Crippen LogP contribution in [0.3, 0.4) is 0 Å². The highest BCUT2D eigenvalue weighted by molar-refractivity contribution is 4.76. The first-order valence-corrected chi connectivity index (χ1v) is 7.90. The molecule has 1 aliphatic rings. The number of hydrogen-bond donors (Lipinski definition) is 2. The molecule has 1 fully saturated rings. The lowest BCUT2D eigenvalue weighted by Crippen LogP contribution is -2.48. The molecule has 0 aromatic heterocycles. The number of nitrogens with two attached hydrogens (primary N) is 1. The molecule has 0 amide bonds. The van der Waals surface area contributed by atoms with E-state index in [2.05, 4.69) is 31.0 Å². The van der Waals surface area contributed by atoms with Gasteiger partial charge < -0.3 is 20.5 Å². The SMILES string of the molecule is CCC(C)(C)CNCC1CN(CCOCCN)CCO1. The molecular formula is C15H33N3O2. The summed E-state index contributed by atoms with van der Waals surface area (Å²) < 4.78 is 11.3.